The largest absolute Gasteiger partial charge is 0.506 e. The molecule has 0 heterocycles. The number of carbonyl (C=O) groups excluding carboxylic acids is 1. The Morgan fingerprint density at radius 2 is 2.00 bits per heavy atom. The van der Waals surface area contributed by atoms with Crippen molar-refractivity contribution >= 4 is 16.1 Å². The molecule has 76 valence electrons. The Morgan fingerprint density at radius 3 is 2.43 bits per heavy atom. The molecule has 0 radical (unpaired) electrons. The Balaban J connectivity index is 3.65. The van der Waals surface area contributed by atoms with E-state index in [9.17, 15) is 17.6 Å². The van der Waals surface area contributed by atoms with E-state index in [1.54, 1.807) is 0 Å². The fourth-order valence-electron chi connectivity index (χ4n) is 1.00. The van der Waals surface area contributed by atoms with Crippen LogP contribution in [0.4, 0.5) is 4.39 Å². The number of rotatable bonds is 2. The minimum atomic E-state index is -3.88. The highest BCUT2D eigenvalue weighted by Gasteiger charge is 2.21. The molecule has 0 atom stereocenters. The monoisotopic (exact) mass is 218 g/mol. The SMILES string of the molecule is CS(=O)(=O)c1c(O)ccc(C=O)c1F. The van der Waals surface area contributed by atoms with Crippen LogP contribution in [0.3, 0.4) is 0 Å². The van der Waals surface area contributed by atoms with E-state index in [2.05, 4.69) is 0 Å². The molecule has 6 heteroatoms. The van der Waals surface area contributed by atoms with Crippen molar-refractivity contribution in [1.29, 1.82) is 0 Å². The third-order valence-electron chi connectivity index (χ3n) is 1.60. The van der Waals surface area contributed by atoms with Gasteiger partial charge in [-0.25, -0.2) is 12.8 Å². The van der Waals surface area contributed by atoms with E-state index in [-0.39, 0.29) is 6.29 Å². The molecule has 4 nitrogen and oxygen atoms in total. The first kappa shape index (κ1) is 10.6. The first-order chi connectivity index (χ1) is 6.38. The maximum Gasteiger partial charge on any atom is 0.182 e. The Kier molecular flexibility index (Phi) is 2.57. The van der Waals surface area contributed by atoms with Crippen LogP contribution < -0.4 is 0 Å². The van der Waals surface area contributed by atoms with Crippen molar-refractivity contribution in [2.24, 2.45) is 0 Å². The average Bonchev–Trinajstić information content (AvgIpc) is 2.02. The number of benzene rings is 1. The molecule has 0 aliphatic heterocycles. The Morgan fingerprint density at radius 1 is 1.43 bits per heavy atom. The number of aldehydes is 1. The summed E-state index contributed by atoms with van der Waals surface area (Å²) in [6.45, 7) is 0. The number of hydrogen-bond acceptors (Lipinski definition) is 4. The van der Waals surface area contributed by atoms with Crippen molar-refractivity contribution in [2.45, 2.75) is 4.90 Å². The molecule has 0 spiro atoms. The van der Waals surface area contributed by atoms with Gasteiger partial charge in [-0.1, -0.05) is 0 Å². The molecule has 0 aliphatic carbocycles. The van der Waals surface area contributed by atoms with Gasteiger partial charge in [0.15, 0.2) is 21.9 Å². The lowest BCUT2D eigenvalue weighted by molar-refractivity contribution is 0.111. The van der Waals surface area contributed by atoms with Gasteiger partial charge in [-0.15, -0.1) is 0 Å². The fourth-order valence-corrected chi connectivity index (χ4v) is 1.90. The summed E-state index contributed by atoms with van der Waals surface area (Å²) < 4.78 is 35.3. The van der Waals surface area contributed by atoms with Crippen molar-refractivity contribution in [3.8, 4) is 5.75 Å². The van der Waals surface area contributed by atoms with E-state index in [1.807, 2.05) is 0 Å². The first-order valence-corrected chi connectivity index (χ1v) is 5.43. The lowest BCUT2D eigenvalue weighted by Gasteiger charge is -2.04. The zero-order valence-corrected chi connectivity index (χ0v) is 8.01. The van der Waals surface area contributed by atoms with Gasteiger partial charge < -0.3 is 5.11 Å². The summed E-state index contributed by atoms with van der Waals surface area (Å²) in [5.41, 5.74) is -0.400. The lowest BCUT2D eigenvalue weighted by atomic mass is 10.2. The van der Waals surface area contributed by atoms with Crippen LogP contribution in [0.2, 0.25) is 0 Å². The van der Waals surface area contributed by atoms with Gasteiger partial charge in [0.2, 0.25) is 0 Å². The topological polar surface area (TPSA) is 71.4 Å². The lowest BCUT2D eigenvalue weighted by Crippen LogP contribution is -2.03. The number of phenols is 1. The Bertz CT molecular complexity index is 478. The fraction of sp³-hybridized carbons (Fsp3) is 0.125. The molecule has 0 fully saturated rings. The normalized spacial score (nSPS) is 11.3. The maximum absolute atomic E-state index is 13.3. The van der Waals surface area contributed by atoms with Crippen molar-refractivity contribution in [2.75, 3.05) is 6.26 Å². The number of hydrogen-bond donors (Lipinski definition) is 1. The van der Waals surface area contributed by atoms with E-state index in [0.29, 0.717) is 0 Å². The van der Waals surface area contributed by atoms with Crippen molar-refractivity contribution in [3.63, 3.8) is 0 Å². The summed E-state index contributed by atoms with van der Waals surface area (Å²) in [4.78, 5) is 9.46. The van der Waals surface area contributed by atoms with Gasteiger partial charge in [-0.3, -0.25) is 4.79 Å². The van der Waals surface area contributed by atoms with Crippen LogP contribution in [-0.4, -0.2) is 26.1 Å². The maximum atomic E-state index is 13.3. The molecule has 1 aromatic rings. The van der Waals surface area contributed by atoms with Crippen LogP contribution >= 0.6 is 0 Å². The number of phenolic OH excluding ortho intramolecular Hbond substituents is 1. The molecule has 1 rings (SSSR count). The smallest absolute Gasteiger partial charge is 0.182 e. The molecule has 14 heavy (non-hydrogen) atoms. The first-order valence-electron chi connectivity index (χ1n) is 3.54. The van der Waals surface area contributed by atoms with Crippen LogP contribution in [0, 0.1) is 5.82 Å². The zero-order chi connectivity index (χ0) is 10.9. The predicted octanol–water partition coefficient (Wildman–Crippen LogP) is 0.747. The van der Waals surface area contributed by atoms with Crippen LogP contribution in [0.5, 0.6) is 5.75 Å². The zero-order valence-electron chi connectivity index (χ0n) is 7.19. The molecule has 0 unspecified atom stereocenters. The van der Waals surface area contributed by atoms with Gasteiger partial charge in [0.1, 0.15) is 10.6 Å². The van der Waals surface area contributed by atoms with Gasteiger partial charge in [-0.2, -0.15) is 0 Å². The number of aromatic hydroxyl groups is 1. The molecule has 1 aromatic carbocycles. The Hall–Kier alpha value is -1.43. The van der Waals surface area contributed by atoms with Crippen LogP contribution in [0.1, 0.15) is 10.4 Å². The van der Waals surface area contributed by atoms with Gasteiger partial charge in [0.25, 0.3) is 0 Å². The molecule has 1 N–H and O–H groups in total. The van der Waals surface area contributed by atoms with E-state index >= 15 is 0 Å². The number of carbonyl (C=O) groups is 1. The van der Waals surface area contributed by atoms with Crippen LogP contribution in [0.15, 0.2) is 17.0 Å². The third kappa shape index (κ3) is 1.74. The van der Waals surface area contributed by atoms with E-state index in [0.717, 1.165) is 18.4 Å². The summed E-state index contributed by atoms with van der Waals surface area (Å²) in [6, 6.07) is 1.97. The molecular weight excluding hydrogens is 211 g/mol. The van der Waals surface area contributed by atoms with Gasteiger partial charge >= 0.3 is 0 Å². The minimum Gasteiger partial charge on any atom is -0.506 e. The summed E-state index contributed by atoms with van der Waals surface area (Å²) in [5, 5.41) is 9.11. The summed E-state index contributed by atoms with van der Waals surface area (Å²) in [5.74, 6) is -1.92. The van der Waals surface area contributed by atoms with Crippen molar-refractivity contribution in [1.82, 2.24) is 0 Å². The second-order valence-electron chi connectivity index (χ2n) is 2.71. The standard InChI is InChI=1S/C8H7FO4S/c1-14(12,13)8-6(11)3-2-5(4-10)7(8)9/h2-4,11H,1H3. The minimum absolute atomic E-state index is 0.184. The second-order valence-corrected chi connectivity index (χ2v) is 4.66. The highest BCUT2D eigenvalue weighted by Crippen LogP contribution is 2.26. The quantitative estimate of drug-likeness (QED) is 0.743. The summed E-state index contributed by atoms with van der Waals surface area (Å²) in [6.07, 6.45) is 0.934. The summed E-state index contributed by atoms with van der Waals surface area (Å²) >= 11 is 0. The highest BCUT2D eigenvalue weighted by atomic mass is 32.2. The predicted molar refractivity (Wildman–Crippen MR) is 46.6 cm³/mol. The second kappa shape index (κ2) is 3.38. The van der Waals surface area contributed by atoms with Crippen molar-refractivity contribution in [3.05, 3.63) is 23.5 Å². The molecule has 0 saturated carbocycles. The van der Waals surface area contributed by atoms with Crippen molar-refractivity contribution < 1.29 is 22.7 Å². The highest BCUT2D eigenvalue weighted by molar-refractivity contribution is 7.90. The van der Waals surface area contributed by atoms with Gasteiger partial charge in [0, 0.05) is 6.26 Å². The molecule has 0 saturated heterocycles. The van der Waals surface area contributed by atoms with Crippen LogP contribution in [-0.2, 0) is 9.84 Å². The van der Waals surface area contributed by atoms with E-state index < -0.39 is 31.9 Å². The summed E-state index contributed by atoms with van der Waals surface area (Å²) in [7, 11) is -3.88. The number of sulfone groups is 1. The van der Waals surface area contributed by atoms with Gasteiger partial charge in [-0.05, 0) is 12.1 Å². The molecule has 0 bridgehead atoms. The Labute approximate surface area is 79.9 Å². The van der Waals surface area contributed by atoms with Crippen LogP contribution in [0.25, 0.3) is 0 Å². The molecular formula is C8H7FO4S. The molecule has 0 aliphatic rings. The average molecular weight is 218 g/mol. The van der Waals surface area contributed by atoms with Gasteiger partial charge in [0.05, 0.1) is 5.56 Å². The third-order valence-corrected chi connectivity index (χ3v) is 2.73. The number of halogens is 1. The van der Waals surface area contributed by atoms with E-state index in [1.165, 1.54) is 0 Å². The molecule has 0 amide bonds. The van der Waals surface area contributed by atoms with E-state index in [4.69, 9.17) is 5.11 Å². The molecule has 0 aromatic heterocycles.